The maximum absolute atomic E-state index is 14.0. The fourth-order valence-corrected chi connectivity index (χ4v) is 7.49. The highest BCUT2D eigenvalue weighted by atomic mass is 32.2. The van der Waals surface area contributed by atoms with E-state index < -0.39 is 28.1 Å². The highest BCUT2D eigenvalue weighted by Crippen LogP contribution is 2.41. The first kappa shape index (κ1) is 26.2. The zero-order valence-corrected chi connectivity index (χ0v) is 22.2. The Kier molecular flexibility index (Phi) is 7.55. The number of rotatable bonds is 7. The van der Waals surface area contributed by atoms with E-state index in [-0.39, 0.29) is 30.1 Å². The van der Waals surface area contributed by atoms with Crippen molar-refractivity contribution in [1.82, 2.24) is 24.8 Å². The summed E-state index contributed by atoms with van der Waals surface area (Å²) in [6.07, 6.45) is 10.5. The van der Waals surface area contributed by atoms with Gasteiger partial charge in [-0.15, -0.1) is 0 Å². The maximum atomic E-state index is 14.0. The third-order valence-corrected chi connectivity index (χ3v) is 9.37. The van der Waals surface area contributed by atoms with Crippen molar-refractivity contribution < 1.29 is 22.3 Å². The standard InChI is InChI=1S/C28H31F2N5O3S/c29-20-7-8-24(22(30)12-20)38-15-17-2-1-11-35(14-17)28(39(36)37)19-5-3-18(4-6-19)26-25-21-9-10-31-27(21)32-13-23(25)33-16-34-26/h7-10,12-13,16-19,28H,1-6,11,14-15H2,(H,33,34)(H,36,37). The van der Waals surface area contributed by atoms with Crippen molar-refractivity contribution in [3.8, 4) is 5.75 Å². The Morgan fingerprint density at radius 3 is 2.77 bits per heavy atom. The van der Waals surface area contributed by atoms with E-state index in [2.05, 4.69) is 24.8 Å². The largest absolute Gasteiger partial charge is 0.490 e. The Balaban J connectivity index is 1.13. The van der Waals surface area contributed by atoms with Gasteiger partial charge in [0.2, 0.25) is 0 Å². The highest BCUT2D eigenvalue weighted by molar-refractivity contribution is 7.79. The van der Waals surface area contributed by atoms with Crippen LogP contribution in [0.15, 0.2) is 43.0 Å². The van der Waals surface area contributed by atoms with Gasteiger partial charge in [0.15, 0.2) is 28.3 Å². The van der Waals surface area contributed by atoms with E-state index in [4.69, 9.17) is 4.74 Å². The van der Waals surface area contributed by atoms with Gasteiger partial charge in [-0.3, -0.25) is 4.90 Å². The van der Waals surface area contributed by atoms with Crippen LogP contribution in [0.25, 0.3) is 21.9 Å². The van der Waals surface area contributed by atoms with Crippen LogP contribution in [0, 0.1) is 23.5 Å². The average molecular weight is 556 g/mol. The molecule has 0 radical (unpaired) electrons. The Hall–Kier alpha value is -3.02. The van der Waals surface area contributed by atoms with Crippen LogP contribution < -0.4 is 4.74 Å². The molecule has 1 saturated carbocycles. The Morgan fingerprint density at radius 2 is 1.97 bits per heavy atom. The van der Waals surface area contributed by atoms with Gasteiger partial charge in [-0.05, 0) is 75.1 Å². The van der Waals surface area contributed by atoms with Gasteiger partial charge in [-0.25, -0.2) is 27.9 Å². The molecule has 3 aromatic heterocycles. The molecule has 3 unspecified atom stereocenters. The van der Waals surface area contributed by atoms with Crippen LogP contribution in [0.2, 0.25) is 0 Å². The lowest BCUT2D eigenvalue weighted by atomic mass is 9.79. The molecule has 0 spiro atoms. The van der Waals surface area contributed by atoms with Crippen LogP contribution in [0.1, 0.15) is 50.1 Å². The number of hydrogen-bond donors (Lipinski definition) is 2. The van der Waals surface area contributed by atoms with Crippen LogP contribution in [0.4, 0.5) is 8.78 Å². The average Bonchev–Trinajstić information content (AvgIpc) is 3.42. The summed E-state index contributed by atoms with van der Waals surface area (Å²) in [6.45, 7) is 1.63. The number of hydrogen-bond acceptors (Lipinski definition) is 6. The molecule has 2 aliphatic rings. The summed E-state index contributed by atoms with van der Waals surface area (Å²) in [4.78, 5) is 18.7. The van der Waals surface area contributed by atoms with Gasteiger partial charge in [-0.1, -0.05) is 0 Å². The van der Waals surface area contributed by atoms with E-state index in [1.54, 1.807) is 18.7 Å². The minimum Gasteiger partial charge on any atom is -0.490 e. The fraction of sp³-hybridized carbons (Fsp3) is 0.464. The molecule has 3 atom stereocenters. The van der Waals surface area contributed by atoms with E-state index in [0.717, 1.165) is 73.1 Å². The predicted octanol–water partition coefficient (Wildman–Crippen LogP) is 5.40. The number of fused-ring (bicyclic) bond motifs is 3. The zero-order chi connectivity index (χ0) is 26.9. The van der Waals surface area contributed by atoms with Gasteiger partial charge < -0.3 is 14.3 Å². The summed E-state index contributed by atoms with van der Waals surface area (Å²) < 4.78 is 55.9. The molecular formula is C28H31F2N5O3S. The maximum Gasteiger partial charge on any atom is 0.171 e. The second-order valence-corrected chi connectivity index (χ2v) is 11.7. The van der Waals surface area contributed by atoms with Crippen molar-refractivity contribution in [2.45, 2.75) is 49.8 Å². The molecule has 206 valence electrons. The molecule has 0 amide bonds. The molecule has 2 N–H and O–H groups in total. The minimum atomic E-state index is -2.00. The molecule has 11 heteroatoms. The van der Waals surface area contributed by atoms with Crippen molar-refractivity contribution in [1.29, 1.82) is 0 Å². The Morgan fingerprint density at radius 1 is 1.13 bits per heavy atom. The normalized spacial score (nSPS) is 24.1. The quantitative estimate of drug-likeness (QED) is 0.295. The number of likely N-dealkylation sites (tertiary alicyclic amines) is 1. The predicted molar refractivity (Wildman–Crippen MR) is 145 cm³/mol. The number of ether oxygens (including phenoxy) is 1. The number of halogens is 2. The number of aromatic amines is 1. The monoisotopic (exact) mass is 555 g/mol. The van der Waals surface area contributed by atoms with Gasteiger partial charge in [0.25, 0.3) is 0 Å². The van der Waals surface area contributed by atoms with Crippen LogP contribution in [0.5, 0.6) is 5.75 Å². The first-order valence-electron chi connectivity index (χ1n) is 13.5. The molecule has 39 heavy (non-hydrogen) atoms. The van der Waals surface area contributed by atoms with Crippen molar-refractivity contribution in [3.05, 3.63) is 60.3 Å². The van der Waals surface area contributed by atoms with E-state index in [0.29, 0.717) is 12.2 Å². The molecule has 4 aromatic rings. The number of piperidine rings is 1. The first-order chi connectivity index (χ1) is 19.0. The topological polar surface area (TPSA) is 104 Å². The van der Waals surface area contributed by atoms with Crippen molar-refractivity contribution in [3.63, 3.8) is 0 Å². The summed E-state index contributed by atoms with van der Waals surface area (Å²) in [6, 6.07) is 5.26. The molecule has 2 fully saturated rings. The van der Waals surface area contributed by atoms with Crippen LogP contribution in [-0.4, -0.2) is 58.7 Å². The number of aromatic nitrogens is 4. The van der Waals surface area contributed by atoms with E-state index in [9.17, 15) is 17.5 Å². The van der Waals surface area contributed by atoms with Gasteiger partial charge in [0, 0.05) is 41.2 Å². The van der Waals surface area contributed by atoms with E-state index >= 15 is 0 Å². The van der Waals surface area contributed by atoms with Gasteiger partial charge in [0.05, 0.1) is 24.6 Å². The molecule has 6 rings (SSSR count). The van der Waals surface area contributed by atoms with Crippen LogP contribution in [0.3, 0.4) is 0 Å². The number of nitrogens with one attached hydrogen (secondary N) is 1. The molecule has 1 saturated heterocycles. The molecule has 1 aliphatic heterocycles. The van der Waals surface area contributed by atoms with Crippen molar-refractivity contribution in [2.24, 2.45) is 11.8 Å². The molecule has 1 aliphatic carbocycles. The van der Waals surface area contributed by atoms with Gasteiger partial charge in [-0.2, -0.15) is 0 Å². The summed E-state index contributed by atoms with van der Waals surface area (Å²) in [5.74, 6) is -0.864. The molecule has 1 aromatic carbocycles. The Labute approximate surface area is 227 Å². The number of H-pyrrole nitrogens is 1. The van der Waals surface area contributed by atoms with E-state index in [1.165, 1.54) is 12.1 Å². The molecule has 8 nitrogen and oxygen atoms in total. The van der Waals surface area contributed by atoms with Crippen molar-refractivity contribution in [2.75, 3.05) is 19.7 Å². The second-order valence-electron chi connectivity index (χ2n) is 10.7. The third kappa shape index (κ3) is 5.39. The number of benzene rings is 1. The van der Waals surface area contributed by atoms with Gasteiger partial charge in [0.1, 0.15) is 11.2 Å². The molecule has 4 heterocycles. The number of pyridine rings is 1. The number of nitrogens with zero attached hydrogens (tertiary/aromatic N) is 4. The van der Waals surface area contributed by atoms with E-state index in [1.807, 2.05) is 6.07 Å². The lowest BCUT2D eigenvalue weighted by molar-refractivity contribution is 0.0868. The lowest BCUT2D eigenvalue weighted by Gasteiger charge is -2.42. The van der Waals surface area contributed by atoms with Gasteiger partial charge >= 0.3 is 0 Å². The minimum absolute atomic E-state index is 0.0279. The fourth-order valence-electron chi connectivity index (χ4n) is 6.44. The van der Waals surface area contributed by atoms with Crippen molar-refractivity contribution >= 4 is 33.0 Å². The van der Waals surface area contributed by atoms with Crippen LogP contribution >= 0.6 is 0 Å². The highest BCUT2D eigenvalue weighted by Gasteiger charge is 2.38. The lowest BCUT2D eigenvalue weighted by Crippen LogP contribution is -2.49. The summed E-state index contributed by atoms with van der Waals surface area (Å²) in [5, 5.41) is 1.59. The van der Waals surface area contributed by atoms with Crippen LogP contribution in [-0.2, 0) is 11.1 Å². The second kappa shape index (κ2) is 11.2. The molecular weight excluding hydrogens is 524 g/mol. The first-order valence-corrected chi connectivity index (χ1v) is 14.6. The zero-order valence-electron chi connectivity index (χ0n) is 21.4. The SMILES string of the molecule is O=S(O)C(C1CCC(c2[nH]cnc3cnc4nccc4c23)CC1)N1CCCC(COc2ccc(F)cc2F)C1. The molecule has 0 bridgehead atoms. The smallest absolute Gasteiger partial charge is 0.171 e. The summed E-state index contributed by atoms with van der Waals surface area (Å²) in [5.41, 5.74) is 2.67. The summed E-state index contributed by atoms with van der Waals surface area (Å²) >= 11 is -2.00. The third-order valence-electron chi connectivity index (χ3n) is 8.28. The summed E-state index contributed by atoms with van der Waals surface area (Å²) in [7, 11) is 0. The Bertz CT molecular complexity index is 1490.